The number of nitrogens with zero attached hydrogens (tertiary/aromatic N) is 5. The number of isocyanates is 1. The quantitative estimate of drug-likeness (QED) is 0.150. The molecule has 4 N–H and O–H groups in total. The number of aliphatic imine (C=N–C) groups is 1. The van der Waals surface area contributed by atoms with Gasteiger partial charge in [-0.05, 0) is 50.2 Å². The zero-order valence-corrected chi connectivity index (χ0v) is 25.0. The number of aryl methyl sites for hydroxylation is 2. The average Bonchev–Trinajstić information content (AvgIpc) is 2.96. The maximum atomic E-state index is 12.0. The number of ether oxygens (including phenoxy) is 4. The minimum Gasteiger partial charge on any atom is -0.486 e. The van der Waals surface area contributed by atoms with Crippen LogP contribution < -0.4 is 35.3 Å². The second kappa shape index (κ2) is 15.3. The van der Waals surface area contributed by atoms with Gasteiger partial charge in [-0.2, -0.15) is 4.99 Å². The molecule has 0 unspecified atom stereocenters. The number of fused-ring (bicyclic) bond motifs is 2. The van der Waals surface area contributed by atoms with E-state index in [1.54, 1.807) is 55.5 Å². The van der Waals surface area contributed by atoms with Crippen LogP contribution >= 0.6 is 23.2 Å². The molecule has 0 spiro atoms. The molecule has 16 heteroatoms. The highest BCUT2D eigenvalue weighted by Crippen LogP contribution is 2.34. The SMILES string of the molecule is Cc1cc(Cl)nc(N)n1.Cc1cc(Cl)nc(NC(=O)Nc2ccc3c(c2)OCCO3)n1.O=C=Nc1ccc2c(c1)OCCO2. The van der Waals surface area contributed by atoms with Crippen molar-refractivity contribution in [3.05, 3.63) is 70.2 Å². The van der Waals surface area contributed by atoms with Gasteiger partial charge >= 0.3 is 6.03 Å². The number of urea groups is 1. The smallest absolute Gasteiger partial charge is 0.326 e. The topological polar surface area (TPSA) is 185 Å². The van der Waals surface area contributed by atoms with E-state index in [0.717, 1.165) is 5.69 Å². The Kier molecular flexibility index (Phi) is 11.1. The van der Waals surface area contributed by atoms with Crippen LogP contribution in [0.4, 0.5) is 28.1 Å². The largest absolute Gasteiger partial charge is 0.486 e. The number of halogens is 2. The van der Waals surface area contributed by atoms with Gasteiger partial charge in [0.2, 0.25) is 18.0 Å². The molecule has 2 aromatic carbocycles. The predicted molar refractivity (Wildman–Crippen MR) is 163 cm³/mol. The number of rotatable bonds is 3. The molecule has 2 aliphatic rings. The molecule has 2 aliphatic heterocycles. The Hall–Kier alpha value is -5.17. The maximum Gasteiger partial charge on any atom is 0.326 e. The fraction of sp³-hybridized carbons (Fsp3) is 0.214. The molecule has 0 saturated carbocycles. The van der Waals surface area contributed by atoms with E-state index in [-0.39, 0.29) is 17.0 Å². The van der Waals surface area contributed by atoms with E-state index in [0.29, 0.717) is 71.6 Å². The Morgan fingerprint density at radius 2 is 1.34 bits per heavy atom. The number of anilines is 3. The van der Waals surface area contributed by atoms with Gasteiger partial charge in [-0.1, -0.05) is 23.2 Å². The first-order valence-corrected chi connectivity index (χ1v) is 13.7. The number of nitrogens with one attached hydrogen (secondary N) is 2. The van der Waals surface area contributed by atoms with Gasteiger partial charge in [-0.3, -0.25) is 5.32 Å². The minimum atomic E-state index is -0.474. The lowest BCUT2D eigenvalue weighted by Crippen LogP contribution is -2.21. The van der Waals surface area contributed by atoms with E-state index >= 15 is 0 Å². The van der Waals surface area contributed by atoms with Crippen LogP contribution in [-0.2, 0) is 4.79 Å². The van der Waals surface area contributed by atoms with Gasteiger partial charge in [0.1, 0.15) is 36.7 Å². The molecule has 6 rings (SSSR count). The van der Waals surface area contributed by atoms with Gasteiger partial charge in [0.15, 0.2) is 23.0 Å². The molecule has 2 amide bonds. The third-order valence-electron chi connectivity index (χ3n) is 5.39. The van der Waals surface area contributed by atoms with E-state index in [1.165, 1.54) is 6.08 Å². The summed E-state index contributed by atoms with van der Waals surface area (Å²) in [7, 11) is 0. The molecule has 4 heterocycles. The van der Waals surface area contributed by atoms with E-state index in [9.17, 15) is 9.59 Å². The Balaban J connectivity index is 0.000000169. The number of nitrogens with two attached hydrogens (primary N) is 1. The molecule has 228 valence electrons. The third-order valence-corrected chi connectivity index (χ3v) is 5.78. The van der Waals surface area contributed by atoms with Crippen molar-refractivity contribution >= 4 is 58.6 Å². The molecular weight excluding hydrogens is 615 g/mol. The van der Waals surface area contributed by atoms with Crippen LogP contribution in [0.25, 0.3) is 0 Å². The summed E-state index contributed by atoms with van der Waals surface area (Å²) in [5.74, 6) is 2.93. The normalized spacial score (nSPS) is 12.2. The second-order valence-electron chi connectivity index (χ2n) is 8.81. The second-order valence-corrected chi connectivity index (χ2v) is 9.59. The van der Waals surface area contributed by atoms with Gasteiger partial charge in [0, 0.05) is 29.2 Å². The monoisotopic (exact) mass is 640 g/mol. The van der Waals surface area contributed by atoms with Crippen molar-refractivity contribution in [1.82, 2.24) is 19.9 Å². The predicted octanol–water partition coefficient (Wildman–Crippen LogP) is 5.30. The Morgan fingerprint density at radius 1 is 0.773 bits per heavy atom. The zero-order valence-electron chi connectivity index (χ0n) is 23.5. The number of hydrogen-bond acceptors (Lipinski definition) is 12. The summed E-state index contributed by atoms with van der Waals surface area (Å²) < 4.78 is 21.5. The van der Waals surface area contributed by atoms with Gasteiger partial charge in [0.25, 0.3) is 0 Å². The highest BCUT2D eigenvalue weighted by Gasteiger charge is 2.14. The highest BCUT2D eigenvalue weighted by molar-refractivity contribution is 6.29. The molecular formula is C28H26Cl2N8O6. The molecule has 0 aliphatic carbocycles. The summed E-state index contributed by atoms with van der Waals surface area (Å²) in [4.78, 5) is 40.9. The third kappa shape index (κ3) is 9.70. The lowest BCUT2D eigenvalue weighted by Gasteiger charge is -2.19. The van der Waals surface area contributed by atoms with Crippen molar-refractivity contribution in [3.8, 4) is 23.0 Å². The number of carbonyl (C=O) groups excluding carboxylic acids is 2. The highest BCUT2D eigenvalue weighted by atomic mass is 35.5. The van der Waals surface area contributed by atoms with Crippen LogP contribution in [0.2, 0.25) is 10.3 Å². The van der Waals surface area contributed by atoms with Crippen molar-refractivity contribution in [2.75, 3.05) is 42.8 Å². The molecule has 14 nitrogen and oxygen atoms in total. The number of hydrogen-bond donors (Lipinski definition) is 3. The van der Waals surface area contributed by atoms with Crippen LogP contribution in [-0.4, -0.2) is 58.5 Å². The van der Waals surface area contributed by atoms with Gasteiger partial charge < -0.3 is 30.0 Å². The summed E-state index contributed by atoms with van der Waals surface area (Å²) in [6.45, 7) is 5.66. The van der Waals surface area contributed by atoms with E-state index in [1.807, 2.05) is 6.92 Å². The molecule has 44 heavy (non-hydrogen) atoms. The van der Waals surface area contributed by atoms with E-state index in [4.69, 9.17) is 47.9 Å². The van der Waals surface area contributed by atoms with Gasteiger partial charge in [-0.15, -0.1) is 0 Å². The summed E-state index contributed by atoms with van der Waals surface area (Å²) in [6, 6.07) is 13.0. The lowest BCUT2D eigenvalue weighted by atomic mass is 10.2. The lowest BCUT2D eigenvalue weighted by molar-refractivity contribution is 0.171. The number of benzene rings is 2. The summed E-state index contributed by atoms with van der Waals surface area (Å²) >= 11 is 11.3. The Labute approximate surface area is 261 Å². The standard InChI is InChI=1S/C14H13ClN4O3.C9H7NO3.C5H6ClN3/c1-8-6-12(15)18-13(16-8)19-14(20)17-9-2-3-10-11(7-9)22-5-4-21-10;11-6-10-7-1-2-8-9(5-7)13-4-3-12-8;1-3-2-4(6)9-5(7)8-3/h2-3,6-7H,4-5H2,1H3,(H2,16,17,18,19,20);1-2,5H,3-4H2;2H,1H3,(H2,7,8,9). The van der Waals surface area contributed by atoms with E-state index in [2.05, 4.69) is 35.6 Å². The Bertz CT molecular complexity index is 1620. The first-order chi connectivity index (χ1) is 21.2. The van der Waals surface area contributed by atoms with Crippen LogP contribution in [0.1, 0.15) is 11.4 Å². The average molecular weight is 641 g/mol. The van der Waals surface area contributed by atoms with Crippen LogP contribution in [0.3, 0.4) is 0 Å². The minimum absolute atomic E-state index is 0.139. The maximum absolute atomic E-state index is 12.0. The Morgan fingerprint density at radius 3 is 1.93 bits per heavy atom. The number of nitrogen functional groups attached to an aromatic ring is 1. The fourth-order valence-electron chi connectivity index (χ4n) is 3.68. The fourth-order valence-corrected chi connectivity index (χ4v) is 4.16. The van der Waals surface area contributed by atoms with Crippen molar-refractivity contribution < 1.29 is 28.5 Å². The molecule has 0 saturated heterocycles. The number of amides is 2. The van der Waals surface area contributed by atoms with Crippen molar-refractivity contribution in [2.45, 2.75) is 13.8 Å². The van der Waals surface area contributed by atoms with Crippen molar-refractivity contribution in [1.29, 1.82) is 0 Å². The first kappa shape index (κ1) is 31.8. The molecule has 0 radical (unpaired) electrons. The zero-order chi connectivity index (χ0) is 31.5. The van der Waals surface area contributed by atoms with Crippen LogP contribution in [0.5, 0.6) is 23.0 Å². The number of aromatic nitrogens is 4. The van der Waals surface area contributed by atoms with Crippen LogP contribution in [0, 0.1) is 13.8 Å². The van der Waals surface area contributed by atoms with Crippen molar-refractivity contribution in [2.24, 2.45) is 4.99 Å². The molecule has 4 aromatic rings. The first-order valence-electron chi connectivity index (χ1n) is 12.9. The van der Waals surface area contributed by atoms with Gasteiger partial charge in [0.05, 0.1) is 5.69 Å². The number of carbonyl (C=O) groups is 1. The van der Waals surface area contributed by atoms with Gasteiger partial charge in [-0.25, -0.2) is 29.5 Å². The molecule has 2 aromatic heterocycles. The summed E-state index contributed by atoms with van der Waals surface area (Å²) in [6.07, 6.45) is 1.47. The summed E-state index contributed by atoms with van der Waals surface area (Å²) in [5, 5.41) is 5.85. The van der Waals surface area contributed by atoms with Crippen LogP contribution in [0.15, 0.2) is 53.5 Å². The van der Waals surface area contributed by atoms with Crippen molar-refractivity contribution in [3.63, 3.8) is 0 Å². The van der Waals surface area contributed by atoms with E-state index < -0.39 is 6.03 Å². The summed E-state index contributed by atoms with van der Waals surface area (Å²) in [5.41, 5.74) is 7.80. The molecule has 0 fully saturated rings. The molecule has 0 atom stereocenters. The molecule has 0 bridgehead atoms.